The van der Waals surface area contributed by atoms with Gasteiger partial charge in [0.15, 0.2) is 0 Å². The number of amides is 2. The molecule has 18 heavy (non-hydrogen) atoms. The highest BCUT2D eigenvalue weighted by molar-refractivity contribution is 7.10. The minimum atomic E-state index is -0.861. The van der Waals surface area contributed by atoms with Crippen LogP contribution in [-0.4, -0.2) is 23.3 Å². The molecule has 0 aromatic carbocycles. The molecule has 1 aromatic rings. The lowest BCUT2D eigenvalue weighted by molar-refractivity contribution is -0.147. The van der Waals surface area contributed by atoms with Crippen LogP contribution in [0.2, 0.25) is 0 Å². The van der Waals surface area contributed by atoms with E-state index in [9.17, 15) is 9.59 Å². The van der Waals surface area contributed by atoms with Crippen LogP contribution in [0.1, 0.15) is 30.7 Å². The van der Waals surface area contributed by atoms with Crippen molar-refractivity contribution in [1.29, 1.82) is 0 Å². The van der Waals surface area contributed by atoms with Crippen LogP contribution in [0, 0.1) is 5.92 Å². The molecule has 5 N–H and O–H groups in total. The Morgan fingerprint density at radius 2 is 2.17 bits per heavy atom. The average Bonchev–Trinajstić information content (AvgIpc) is 2.81. The van der Waals surface area contributed by atoms with Crippen LogP contribution in [-0.2, 0) is 9.59 Å². The Kier molecular flexibility index (Phi) is 4.86. The predicted molar refractivity (Wildman–Crippen MR) is 71.4 cm³/mol. The summed E-state index contributed by atoms with van der Waals surface area (Å²) < 4.78 is 0. The molecule has 1 aliphatic heterocycles. The Bertz CT molecular complexity index is 419. The first-order chi connectivity index (χ1) is 8.09. The van der Waals surface area contributed by atoms with Crippen molar-refractivity contribution in [3.8, 4) is 0 Å². The molecule has 0 saturated carbocycles. The van der Waals surface area contributed by atoms with Crippen molar-refractivity contribution in [2.24, 2.45) is 11.7 Å². The molecule has 0 bridgehead atoms. The van der Waals surface area contributed by atoms with Gasteiger partial charge in [0.2, 0.25) is 0 Å². The summed E-state index contributed by atoms with van der Waals surface area (Å²) in [6, 6.07) is 3.99. The van der Waals surface area contributed by atoms with Crippen LogP contribution >= 0.6 is 11.3 Å². The van der Waals surface area contributed by atoms with Crippen molar-refractivity contribution in [1.82, 2.24) is 11.1 Å². The Morgan fingerprint density at radius 3 is 2.72 bits per heavy atom. The number of nitrogens with zero attached hydrogens (tertiary/aromatic N) is 1. The zero-order valence-electron chi connectivity index (χ0n) is 10.5. The lowest BCUT2D eigenvalue weighted by Gasteiger charge is -2.37. The van der Waals surface area contributed by atoms with Crippen LogP contribution in [0.3, 0.4) is 0 Å². The first-order valence-electron chi connectivity index (χ1n) is 5.73. The molecule has 2 heterocycles. The number of rotatable bonds is 1. The SMILES string of the molecule is C[C@H]1CC[C@H](c2cccs2)N(C(=O)C(N)=O)C1.N. The van der Waals surface area contributed by atoms with Gasteiger partial charge in [0, 0.05) is 11.4 Å². The maximum atomic E-state index is 11.8. The van der Waals surface area contributed by atoms with Gasteiger partial charge in [-0.05, 0) is 30.2 Å². The molecule has 2 amide bonds. The lowest BCUT2D eigenvalue weighted by Crippen LogP contribution is -2.46. The summed E-state index contributed by atoms with van der Waals surface area (Å²) in [6.45, 7) is 2.70. The van der Waals surface area contributed by atoms with Crippen LogP contribution in [0.5, 0.6) is 0 Å². The quantitative estimate of drug-likeness (QED) is 0.759. The number of hydrogen-bond donors (Lipinski definition) is 2. The van der Waals surface area contributed by atoms with E-state index < -0.39 is 11.8 Å². The molecule has 0 spiro atoms. The summed E-state index contributed by atoms with van der Waals surface area (Å²) in [6.07, 6.45) is 1.98. The molecular weight excluding hydrogens is 250 g/mol. The summed E-state index contributed by atoms with van der Waals surface area (Å²) >= 11 is 1.62. The Hall–Kier alpha value is -1.40. The second-order valence-electron chi connectivity index (χ2n) is 4.54. The van der Waals surface area contributed by atoms with Crippen LogP contribution < -0.4 is 11.9 Å². The molecular formula is C12H19N3O2S. The van der Waals surface area contributed by atoms with Gasteiger partial charge in [-0.1, -0.05) is 13.0 Å². The Balaban J connectivity index is 0.00000162. The van der Waals surface area contributed by atoms with Gasteiger partial charge in [-0.25, -0.2) is 0 Å². The number of piperidine rings is 1. The third-order valence-corrected chi connectivity index (χ3v) is 4.13. The van der Waals surface area contributed by atoms with Gasteiger partial charge in [-0.15, -0.1) is 11.3 Å². The van der Waals surface area contributed by atoms with E-state index in [-0.39, 0.29) is 12.2 Å². The van der Waals surface area contributed by atoms with E-state index in [1.165, 1.54) is 0 Å². The largest absolute Gasteiger partial charge is 0.361 e. The standard InChI is InChI=1S/C12H16N2O2S.H3N/c1-8-4-5-9(10-3-2-6-17-10)14(7-8)12(16)11(13)15;/h2-3,6,8-9H,4-5,7H2,1H3,(H2,13,15);1H3/t8-,9+;/m0./s1. The predicted octanol–water partition coefficient (Wildman–Crippen LogP) is 1.69. The molecule has 1 aromatic heterocycles. The fraction of sp³-hybridized carbons (Fsp3) is 0.500. The van der Waals surface area contributed by atoms with Crippen molar-refractivity contribution < 1.29 is 9.59 Å². The van der Waals surface area contributed by atoms with E-state index in [0.717, 1.165) is 17.7 Å². The van der Waals surface area contributed by atoms with E-state index in [2.05, 4.69) is 6.92 Å². The fourth-order valence-electron chi connectivity index (χ4n) is 2.30. The van der Waals surface area contributed by atoms with Crippen LogP contribution in [0.4, 0.5) is 0 Å². The van der Waals surface area contributed by atoms with E-state index >= 15 is 0 Å². The summed E-state index contributed by atoms with van der Waals surface area (Å²) in [4.78, 5) is 25.6. The van der Waals surface area contributed by atoms with Gasteiger partial charge < -0.3 is 16.8 Å². The van der Waals surface area contributed by atoms with Crippen molar-refractivity contribution in [3.05, 3.63) is 22.4 Å². The summed E-state index contributed by atoms with van der Waals surface area (Å²) in [7, 11) is 0. The number of carbonyl (C=O) groups excluding carboxylic acids is 2. The maximum absolute atomic E-state index is 11.8. The van der Waals surface area contributed by atoms with Crippen molar-refractivity contribution in [2.45, 2.75) is 25.8 Å². The molecule has 5 nitrogen and oxygen atoms in total. The first-order valence-corrected chi connectivity index (χ1v) is 6.61. The molecule has 6 heteroatoms. The van der Waals surface area contributed by atoms with E-state index in [4.69, 9.17) is 5.73 Å². The second kappa shape index (κ2) is 5.97. The zero-order chi connectivity index (χ0) is 12.4. The van der Waals surface area contributed by atoms with Gasteiger partial charge >= 0.3 is 11.8 Å². The van der Waals surface area contributed by atoms with E-state index in [1.54, 1.807) is 16.2 Å². The fourth-order valence-corrected chi connectivity index (χ4v) is 3.17. The highest BCUT2D eigenvalue weighted by atomic mass is 32.1. The molecule has 1 saturated heterocycles. The van der Waals surface area contributed by atoms with Gasteiger partial charge in [-0.2, -0.15) is 0 Å². The maximum Gasteiger partial charge on any atom is 0.312 e. The van der Waals surface area contributed by atoms with Gasteiger partial charge in [0.05, 0.1) is 6.04 Å². The normalized spacial score (nSPS) is 23.3. The Labute approximate surface area is 111 Å². The van der Waals surface area contributed by atoms with E-state index in [0.29, 0.717) is 12.5 Å². The van der Waals surface area contributed by atoms with Crippen LogP contribution in [0.15, 0.2) is 17.5 Å². The van der Waals surface area contributed by atoms with Crippen molar-refractivity contribution >= 4 is 23.2 Å². The van der Waals surface area contributed by atoms with Gasteiger partial charge in [0.1, 0.15) is 0 Å². The van der Waals surface area contributed by atoms with Crippen LogP contribution in [0.25, 0.3) is 0 Å². The van der Waals surface area contributed by atoms with Crippen molar-refractivity contribution in [2.75, 3.05) is 6.54 Å². The van der Waals surface area contributed by atoms with E-state index in [1.807, 2.05) is 17.5 Å². The Morgan fingerprint density at radius 1 is 1.44 bits per heavy atom. The summed E-state index contributed by atoms with van der Waals surface area (Å²) in [5, 5.41) is 1.99. The number of carbonyl (C=O) groups is 2. The number of primary amides is 1. The first kappa shape index (κ1) is 14.7. The second-order valence-corrected chi connectivity index (χ2v) is 5.51. The third-order valence-electron chi connectivity index (χ3n) is 3.16. The summed E-state index contributed by atoms with van der Waals surface area (Å²) in [5.41, 5.74) is 5.10. The number of likely N-dealkylation sites (tertiary alicyclic amines) is 1. The summed E-state index contributed by atoms with van der Waals surface area (Å²) in [5.74, 6) is -0.995. The van der Waals surface area contributed by atoms with Crippen molar-refractivity contribution in [3.63, 3.8) is 0 Å². The zero-order valence-corrected chi connectivity index (χ0v) is 11.3. The molecule has 2 atom stereocenters. The highest BCUT2D eigenvalue weighted by Gasteiger charge is 2.33. The monoisotopic (exact) mass is 269 g/mol. The minimum Gasteiger partial charge on any atom is -0.361 e. The molecule has 0 radical (unpaired) electrons. The minimum absolute atomic E-state index is 0. The molecule has 0 unspecified atom stereocenters. The molecule has 1 aliphatic rings. The lowest BCUT2D eigenvalue weighted by atomic mass is 9.93. The molecule has 1 fully saturated rings. The average molecular weight is 269 g/mol. The third kappa shape index (κ3) is 2.88. The molecule has 2 rings (SSSR count). The molecule has 100 valence electrons. The van der Waals surface area contributed by atoms with Gasteiger partial charge in [-0.3, -0.25) is 9.59 Å². The number of nitrogens with two attached hydrogens (primary N) is 1. The number of hydrogen-bond acceptors (Lipinski definition) is 4. The topological polar surface area (TPSA) is 98.4 Å². The highest BCUT2D eigenvalue weighted by Crippen LogP contribution is 2.35. The molecule has 0 aliphatic carbocycles. The smallest absolute Gasteiger partial charge is 0.312 e. The van der Waals surface area contributed by atoms with Gasteiger partial charge in [0.25, 0.3) is 0 Å². The number of thiophene rings is 1.